The zero-order valence-corrected chi connectivity index (χ0v) is 40.9. The smallest absolute Gasteiger partial charge is 0.391 e. The van der Waals surface area contributed by atoms with E-state index in [0.717, 1.165) is 38.5 Å². The summed E-state index contributed by atoms with van der Waals surface area (Å²) < 4.78 is 23.7. The summed E-state index contributed by atoms with van der Waals surface area (Å²) in [6, 6.07) is -0.759. The van der Waals surface area contributed by atoms with Crippen LogP contribution in [-0.4, -0.2) is 73.4 Å². The Morgan fingerprint density at radius 2 is 0.915 bits per heavy atom. The van der Waals surface area contributed by atoms with E-state index in [1.54, 1.807) is 0 Å². The Morgan fingerprint density at radius 1 is 0.559 bits per heavy atom. The SMILES string of the molecule is CCCCCCCCCCCC/C=C\CCCCCCCCCC(=O)NC(COP(=O)(O)OCC[N+](C)(C)C)C(O)CCCCCCCCCCCCCCCCCC. The Morgan fingerprint density at radius 3 is 1.31 bits per heavy atom. The molecule has 0 aromatic heterocycles. The minimum atomic E-state index is -4.32. The number of carbonyl (C=O) groups excluding carboxylic acids is 1. The van der Waals surface area contributed by atoms with Crippen molar-refractivity contribution < 1.29 is 32.9 Å². The van der Waals surface area contributed by atoms with E-state index in [1.165, 1.54) is 186 Å². The normalized spacial score (nSPS) is 14.2. The maximum atomic E-state index is 12.9. The van der Waals surface area contributed by atoms with Gasteiger partial charge in [0.05, 0.1) is 39.9 Å². The minimum absolute atomic E-state index is 0.0760. The van der Waals surface area contributed by atoms with Crippen molar-refractivity contribution in [1.29, 1.82) is 0 Å². The molecule has 3 atom stereocenters. The van der Waals surface area contributed by atoms with Crippen LogP contribution < -0.4 is 5.32 Å². The lowest BCUT2D eigenvalue weighted by molar-refractivity contribution is -0.870. The van der Waals surface area contributed by atoms with Gasteiger partial charge < -0.3 is 19.8 Å². The fraction of sp³-hybridized carbons (Fsp3) is 0.940. The number of allylic oxidation sites excluding steroid dienone is 2. The molecule has 8 nitrogen and oxygen atoms in total. The second-order valence-corrected chi connectivity index (χ2v) is 20.4. The Labute approximate surface area is 367 Å². The number of rotatable bonds is 47. The number of aliphatic hydroxyl groups excluding tert-OH is 1. The second-order valence-electron chi connectivity index (χ2n) is 18.9. The van der Waals surface area contributed by atoms with E-state index in [4.69, 9.17) is 9.05 Å². The van der Waals surface area contributed by atoms with E-state index in [-0.39, 0.29) is 19.1 Å². The van der Waals surface area contributed by atoms with Crippen LogP contribution in [0.15, 0.2) is 12.2 Å². The molecule has 59 heavy (non-hydrogen) atoms. The maximum absolute atomic E-state index is 12.9. The van der Waals surface area contributed by atoms with Crippen LogP contribution in [0, 0.1) is 0 Å². The lowest BCUT2D eigenvalue weighted by Crippen LogP contribution is -2.46. The van der Waals surface area contributed by atoms with Crippen LogP contribution in [0.5, 0.6) is 0 Å². The highest BCUT2D eigenvalue weighted by Gasteiger charge is 2.28. The van der Waals surface area contributed by atoms with Crippen LogP contribution in [0.2, 0.25) is 0 Å². The van der Waals surface area contributed by atoms with Crippen LogP contribution in [-0.2, 0) is 18.4 Å². The number of nitrogens with one attached hydrogen (secondary N) is 1. The molecule has 0 aromatic rings. The molecule has 0 fully saturated rings. The number of unbranched alkanes of at least 4 members (excludes halogenated alkanes) is 32. The highest BCUT2D eigenvalue weighted by molar-refractivity contribution is 7.47. The van der Waals surface area contributed by atoms with Crippen LogP contribution in [0.4, 0.5) is 0 Å². The lowest BCUT2D eigenvalue weighted by Gasteiger charge is -2.26. The number of amides is 1. The highest BCUT2D eigenvalue weighted by atomic mass is 31.2. The summed E-state index contributed by atoms with van der Waals surface area (Å²) in [5, 5.41) is 14.0. The first-order valence-electron chi connectivity index (χ1n) is 25.6. The number of quaternary nitrogens is 1. The summed E-state index contributed by atoms with van der Waals surface area (Å²) in [6.45, 7) is 4.91. The largest absolute Gasteiger partial charge is 0.472 e. The molecule has 0 heterocycles. The minimum Gasteiger partial charge on any atom is -0.391 e. The van der Waals surface area contributed by atoms with Gasteiger partial charge >= 0.3 is 7.82 Å². The maximum Gasteiger partial charge on any atom is 0.472 e. The number of phosphoric ester groups is 1. The van der Waals surface area contributed by atoms with Crippen LogP contribution in [0.25, 0.3) is 0 Å². The van der Waals surface area contributed by atoms with Gasteiger partial charge in [0.2, 0.25) is 5.91 Å². The van der Waals surface area contributed by atoms with Crippen molar-refractivity contribution in [2.75, 3.05) is 40.9 Å². The number of hydrogen-bond donors (Lipinski definition) is 3. The molecule has 9 heteroatoms. The topological polar surface area (TPSA) is 105 Å². The van der Waals surface area contributed by atoms with Gasteiger partial charge in [0.1, 0.15) is 13.2 Å². The summed E-state index contributed by atoms with van der Waals surface area (Å²) in [5.74, 6) is -0.145. The fourth-order valence-corrected chi connectivity index (χ4v) is 8.43. The molecule has 0 rings (SSSR count). The highest BCUT2D eigenvalue weighted by Crippen LogP contribution is 2.43. The molecular weight excluding hydrogens is 756 g/mol. The van der Waals surface area contributed by atoms with Gasteiger partial charge in [-0.05, 0) is 38.5 Å². The van der Waals surface area contributed by atoms with E-state index in [1.807, 2.05) is 21.1 Å². The van der Waals surface area contributed by atoms with Crippen LogP contribution >= 0.6 is 7.82 Å². The first kappa shape index (κ1) is 58.2. The number of aliphatic hydroxyl groups is 1. The van der Waals surface area contributed by atoms with Gasteiger partial charge in [0, 0.05) is 6.42 Å². The van der Waals surface area contributed by atoms with Gasteiger partial charge in [0.25, 0.3) is 0 Å². The molecule has 0 aliphatic heterocycles. The third-order valence-corrected chi connectivity index (χ3v) is 12.7. The molecule has 352 valence electrons. The molecular formula is C50H102N2O6P+. The van der Waals surface area contributed by atoms with Crippen LogP contribution in [0.1, 0.15) is 251 Å². The molecule has 0 saturated heterocycles. The summed E-state index contributed by atoms with van der Waals surface area (Å²) in [4.78, 5) is 23.2. The van der Waals surface area contributed by atoms with Crippen molar-refractivity contribution in [1.82, 2.24) is 5.32 Å². The lowest BCUT2D eigenvalue weighted by atomic mass is 10.0. The number of carbonyl (C=O) groups is 1. The number of likely N-dealkylation sites (N-methyl/N-ethyl adjacent to an activating group) is 1. The number of phosphoric acid groups is 1. The molecule has 0 spiro atoms. The zero-order chi connectivity index (χ0) is 43.6. The molecule has 1 amide bonds. The van der Waals surface area contributed by atoms with Crippen molar-refractivity contribution in [2.45, 2.75) is 264 Å². The average Bonchev–Trinajstić information content (AvgIpc) is 3.19. The van der Waals surface area contributed by atoms with E-state index in [0.29, 0.717) is 23.9 Å². The van der Waals surface area contributed by atoms with Crippen LogP contribution in [0.3, 0.4) is 0 Å². The van der Waals surface area contributed by atoms with Crippen molar-refractivity contribution >= 4 is 13.7 Å². The molecule has 0 aliphatic carbocycles. The van der Waals surface area contributed by atoms with E-state index in [9.17, 15) is 19.4 Å². The first-order chi connectivity index (χ1) is 28.5. The second kappa shape index (κ2) is 42.5. The van der Waals surface area contributed by atoms with E-state index >= 15 is 0 Å². The van der Waals surface area contributed by atoms with E-state index in [2.05, 4.69) is 31.3 Å². The molecule has 0 radical (unpaired) electrons. The van der Waals surface area contributed by atoms with E-state index < -0.39 is 20.0 Å². The molecule has 3 unspecified atom stereocenters. The predicted octanol–water partition coefficient (Wildman–Crippen LogP) is 14.7. The third kappa shape index (κ3) is 45.1. The summed E-state index contributed by atoms with van der Waals surface area (Å²) in [7, 11) is 1.62. The Bertz CT molecular complexity index is 974. The molecule has 0 saturated carbocycles. The monoisotopic (exact) mass is 858 g/mol. The van der Waals surface area contributed by atoms with Gasteiger partial charge in [-0.3, -0.25) is 13.8 Å². The summed E-state index contributed by atoms with van der Waals surface area (Å²) in [5.41, 5.74) is 0. The fourth-order valence-electron chi connectivity index (χ4n) is 7.69. The van der Waals surface area contributed by atoms with Gasteiger partial charge in [-0.2, -0.15) is 0 Å². The Kier molecular flexibility index (Phi) is 42.0. The van der Waals surface area contributed by atoms with Crippen molar-refractivity contribution in [3.8, 4) is 0 Å². The third-order valence-electron chi connectivity index (χ3n) is 11.8. The molecule has 0 bridgehead atoms. The predicted molar refractivity (Wildman–Crippen MR) is 254 cm³/mol. The number of hydrogen-bond acceptors (Lipinski definition) is 5. The quantitative estimate of drug-likeness (QED) is 0.0244. The van der Waals surface area contributed by atoms with Crippen molar-refractivity contribution in [3.05, 3.63) is 12.2 Å². The zero-order valence-electron chi connectivity index (χ0n) is 40.0. The van der Waals surface area contributed by atoms with Crippen molar-refractivity contribution in [2.24, 2.45) is 0 Å². The van der Waals surface area contributed by atoms with Gasteiger partial charge in [-0.25, -0.2) is 4.57 Å². The average molecular weight is 858 g/mol. The first-order valence-corrected chi connectivity index (χ1v) is 27.0. The standard InChI is InChI=1S/C50H101N2O6P/c1-6-8-10-12-14-16-18-20-22-24-25-26-27-28-30-32-34-36-38-40-42-44-50(54)51-48(47-58-59(55,56)57-46-45-52(3,4)5)49(53)43-41-39-37-35-33-31-29-23-21-19-17-15-13-11-9-7-2/h26-27,48-49,53H,6-25,28-47H2,1-5H3,(H-,51,54,55,56)/p+1/b27-26-. The summed E-state index contributed by atoms with van der Waals surface area (Å²) in [6.07, 6.45) is 49.6. The Hall–Kier alpha value is -0.760. The summed E-state index contributed by atoms with van der Waals surface area (Å²) >= 11 is 0. The molecule has 3 N–H and O–H groups in total. The van der Waals surface area contributed by atoms with Gasteiger partial charge in [-0.1, -0.05) is 219 Å². The number of nitrogens with zero attached hydrogens (tertiary/aromatic N) is 1. The van der Waals surface area contributed by atoms with Crippen molar-refractivity contribution in [3.63, 3.8) is 0 Å². The Balaban J connectivity index is 4.24. The molecule has 0 aromatic carbocycles. The molecule has 0 aliphatic rings. The van der Waals surface area contributed by atoms with Gasteiger partial charge in [-0.15, -0.1) is 0 Å². The van der Waals surface area contributed by atoms with Gasteiger partial charge in [0.15, 0.2) is 0 Å².